The molecule has 1 N–H and O–H groups in total. The zero-order valence-electron chi connectivity index (χ0n) is 12.8. The highest BCUT2D eigenvalue weighted by atomic mass is 16.5. The minimum atomic E-state index is 0.240. The summed E-state index contributed by atoms with van der Waals surface area (Å²) < 4.78 is 5.70. The van der Waals surface area contributed by atoms with Crippen LogP contribution in [0, 0.1) is 0 Å². The third-order valence-electron chi connectivity index (χ3n) is 4.41. The SMILES string of the molecule is CCC(C)c1ccc(NC2COCc3ccccc32)cc1. The monoisotopic (exact) mass is 281 g/mol. The highest BCUT2D eigenvalue weighted by Crippen LogP contribution is 2.28. The fourth-order valence-corrected chi connectivity index (χ4v) is 2.85. The molecule has 0 fully saturated rings. The predicted molar refractivity (Wildman–Crippen MR) is 87.6 cm³/mol. The first-order valence-corrected chi connectivity index (χ1v) is 7.80. The normalized spacial score (nSPS) is 18.9. The van der Waals surface area contributed by atoms with Crippen molar-refractivity contribution in [2.45, 2.75) is 38.8 Å². The first-order chi connectivity index (χ1) is 10.3. The van der Waals surface area contributed by atoms with Crippen LogP contribution in [0.2, 0.25) is 0 Å². The van der Waals surface area contributed by atoms with E-state index in [0.29, 0.717) is 5.92 Å². The molecule has 0 aromatic heterocycles. The number of nitrogens with one attached hydrogen (secondary N) is 1. The van der Waals surface area contributed by atoms with Gasteiger partial charge in [0.05, 0.1) is 19.3 Å². The van der Waals surface area contributed by atoms with E-state index in [1.807, 2.05) is 0 Å². The van der Waals surface area contributed by atoms with Crippen LogP contribution in [0.1, 0.15) is 48.9 Å². The minimum absolute atomic E-state index is 0.240. The molecule has 0 saturated heterocycles. The van der Waals surface area contributed by atoms with Crippen molar-refractivity contribution in [1.82, 2.24) is 0 Å². The van der Waals surface area contributed by atoms with Crippen LogP contribution in [-0.4, -0.2) is 6.61 Å². The quantitative estimate of drug-likeness (QED) is 0.862. The lowest BCUT2D eigenvalue weighted by atomic mass is 9.97. The molecule has 2 atom stereocenters. The highest BCUT2D eigenvalue weighted by molar-refractivity contribution is 5.48. The van der Waals surface area contributed by atoms with Crippen LogP contribution in [0.4, 0.5) is 5.69 Å². The molecule has 0 amide bonds. The molecule has 1 aliphatic heterocycles. The van der Waals surface area contributed by atoms with Gasteiger partial charge in [-0.15, -0.1) is 0 Å². The molecule has 110 valence electrons. The van der Waals surface area contributed by atoms with E-state index in [1.54, 1.807) is 0 Å². The summed E-state index contributed by atoms with van der Waals surface area (Å²) in [6.07, 6.45) is 1.18. The van der Waals surface area contributed by atoms with Gasteiger partial charge in [0.1, 0.15) is 0 Å². The van der Waals surface area contributed by atoms with E-state index in [2.05, 4.69) is 67.7 Å². The summed E-state index contributed by atoms with van der Waals surface area (Å²) in [4.78, 5) is 0. The molecule has 1 aliphatic rings. The Hall–Kier alpha value is -1.80. The summed E-state index contributed by atoms with van der Waals surface area (Å²) in [5.74, 6) is 0.623. The van der Waals surface area contributed by atoms with Crippen molar-refractivity contribution in [3.63, 3.8) is 0 Å². The average molecular weight is 281 g/mol. The molecule has 0 aliphatic carbocycles. The van der Waals surface area contributed by atoms with Crippen molar-refractivity contribution < 1.29 is 4.74 Å². The van der Waals surface area contributed by atoms with Crippen molar-refractivity contribution in [3.05, 3.63) is 65.2 Å². The number of anilines is 1. The second-order valence-electron chi connectivity index (χ2n) is 5.84. The lowest BCUT2D eigenvalue weighted by molar-refractivity contribution is 0.0970. The summed E-state index contributed by atoms with van der Waals surface area (Å²) >= 11 is 0. The van der Waals surface area contributed by atoms with Crippen molar-refractivity contribution in [2.24, 2.45) is 0 Å². The number of hydrogen-bond acceptors (Lipinski definition) is 2. The van der Waals surface area contributed by atoms with Gasteiger partial charge in [0, 0.05) is 5.69 Å². The topological polar surface area (TPSA) is 21.3 Å². The van der Waals surface area contributed by atoms with Crippen molar-refractivity contribution in [3.8, 4) is 0 Å². The largest absolute Gasteiger partial charge is 0.376 e. The Balaban J connectivity index is 1.76. The van der Waals surface area contributed by atoms with Gasteiger partial charge in [0.15, 0.2) is 0 Å². The lowest BCUT2D eigenvalue weighted by Gasteiger charge is -2.27. The van der Waals surface area contributed by atoms with Gasteiger partial charge >= 0.3 is 0 Å². The van der Waals surface area contributed by atoms with Gasteiger partial charge in [0.25, 0.3) is 0 Å². The Labute approximate surface area is 127 Å². The van der Waals surface area contributed by atoms with E-state index in [-0.39, 0.29) is 6.04 Å². The fourth-order valence-electron chi connectivity index (χ4n) is 2.85. The summed E-state index contributed by atoms with van der Waals surface area (Å²) in [6, 6.07) is 17.6. The highest BCUT2D eigenvalue weighted by Gasteiger charge is 2.19. The second-order valence-corrected chi connectivity index (χ2v) is 5.84. The van der Waals surface area contributed by atoms with Gasteiger partial charge in [0.2, 0.25) is 0 Å². The molecule has 0 saturated carbocycles. The van der Waals surface area contributed by atoms with E-state index in [9.17, 15) is 0 Å². The minimum Gasteiger partial charge on any atom is -0.376 e. The van der Waals surface area contributed by atoms with Crippen LogP contribution in [0.25, 0.3) is 0 Å². The molecular weight excluding hydrogens is 258 g/mol. The Kier molecular flexibility index (Phi) is 4.26. The van der Waals surface area contributed by atoms with Crippen molar-refractivity contribution >= 4 is 5.69 Å². The molecule has 2 aromatic carbocycles. The summed E-state index contributed by atoms with van der Waals surface area (Å²) in [7, 11) is 0. The molecule has 21 heavy (non-hydrogen) atoms. The van der Waals surface area contributed by atoms with Gasteiger partial charge in [-0.1, -0.05) is 50.2 Å². The van der Waals surface area contributed by atoms with Gasteiger partial charge in [-0.05, 0) is 41.2 Å². The van der Waals surface area contributed by atoms with Gasteiger partial charge < -0.3 is 10.1 Å². The van der Waals surface area contributed by atoms with E-state index in [1.165, 1.54) is 23.1 Å². The van der Waals surface area contributed by atoms with Crippen LogP contribution in [0.3, 0.4) is 0 Å². The van der Waals surface area contributed by atoms with Crippen LogP contribution < -0.4 is 5.32 Å². The maximum Gasteiger partial charge on any atom is 0.0751 e. The third-order valence-corrected chi connectivity index (χ3v) is 4.41. The van der Waals surface area contributed by atoms with Gasteiger partial charge in [-0.3, -0.25) is 0 Å². The van der Waals surface area contributed by atoms with Crippen LogP contribution in [0.5, 0.6) is 0 Å². The van der Waals surface area contributed by atoms with Crippen molar-refractivity contribution in [2.75, 3.05) is 11.9 Å². The molecule has 2 heteroatoms. The average Bonchev–Trinajstić information content (AvgIpc) is 2.55. The maximum atomic E-state index is 5.70. The van der Waals surface area contributed by atoms with Crippen LogP contribution in [-0.2, 0) is 11.3 Å². The molecule has 2 aromatic rings. The smallest absolute Gasteiger partial charge is 0.0751 e. The number of hydrogen-bond donors (Lipinski definition) is 1. The number of fused-ring (bicyclic) bond motifs is 1. The Morgan fingerprint density at radius 2 is 1.90 bits per heavy atom. The third kappa shape index (κ3) is 3.11. The molecule has 1 heterocycles. The molecule has 3 rings (SSSR count). The van der Waals surface area contributed by atoms with Crippen molar-refractivity contribution in [1.29, 1.82) is 0 Å². The van der Waals surface area contributed by atoms with Gasteiger partial charge in [-0.2, -0.15) is 0 Å². The lowest BCUT2D eigenvalue weighted by Crippen LogP contribution is -2.23. The molecule has 0 bridgehead atoms. The summed E-state index contributed by atoms with van der Waals surface area (Å²) in [5, 5.41) is 3.60. The Morgan fingerprint density at radius 3 is 2.67 bits per heavy atom. The van der Waals surface area contributed by atoms with E-state index in [0.717, 1.165) is 18.9 Å². The van der Waals surface area contributed by atoms with Gasteiger partial charge in [-0.25, -0.2) is 0 Å². The Bertz CT molecular complexity index is 591. The standard InChI is InChI=1S/C19H23NO/c1-3-14(2)15-8-10-17(11-9-15)20-19-13-21-12-16-6-4-5-7-18(16)19/h4-11,14,19-20H,3,12-13H2,1-2H3. The number of benzene rings is 2. The first kappa shape index (κ1) is 14.2. The zero-order valence-corrected chi connectivity index (χ0v) is 12.8. The van der Waals surface area contributed by atoms with E-state index >= 15 is 0 Å². The molecule has 2 unspecified atom stereocenters. The molecular formula is C19H23NO. The first-order valence-electron chi connectivity index (χ1n) is 7.80. The van der Waals surface area contributed by atoms with E-state index < -0.39 is 0 Å². The number of rotatable bonds is 4. The Morgan fingerprint density at radius 1 is 1.14 bits per heavy atom. The molecule has 0 spiro atoms. The molecule has 2 nitrogen and oxygen atoms in total. The predicted octanol–water partition coefficient (Wildman–Crippen LogP) is 4.88. The zero-order chi connectivity index (χ0) is 14.7. The summed E-state index contributed by atoms with van der Waals surface area (Å²) in [5.41, 5.74) is 5.21. The molecule has 0 radical (unpaired) electrons. The van der Waals surface area contributed by atoms with Crippen LogP contribution >= 0.6 is 0 Å². The van der Waals surface area contributed by atoms with E-state index in [4.69, 9.17) is 4.74 Å². The number of ether oxygens (including phenoxy) is 1. The maximum absolute atomic E-state index is 5.70. The second kappa shape index (κ2) is 6.31. The fraction of sp³-hybridized carbons (Fsp3) is 0.368. The van der Waals surface area contributed by atoms with Crippen LogP contribution in [0.15, 0.2) is 48.5 Å². The summed E-state index contributed by atoms with van der Waals surface area (Å²) in [6.45, 7) is 5.95.